The summed E-state index contributed by atoms with van der Waals surface area (Å²) in [5, 5.41) is 6.17. The van der Waals surface area contributed by atoms with Crippen molar-refractivity contribution in [3.05, 3.63) is 35.9 Å². The largest absolute Gasteiger partial charge is 0.354 e. The first kappa shape index (κ1) is 18.7. The van der Waals surface area contributed by atoms with E-state index in [1.807, 2.05) is 20.0 Å². The summed E-state index contributed by atoms with van der Waals surface area (Å²) in [7, 11) is 1.87. The minimum Gasteiger partial charge on any atom is -0.354 e. The summed E-state index contributed by atoms with van der Waals surface area (Å²) in [6, 6.07) is 10.8. The molecule has 0 aliphatic heterocycles. The van der Waals surface area contributed by atoms with Gasteiger partial charge in [-0.05, 0) is 32.1 Å². The molecule has 0 saturated heterocycles. The number of carbonyl (C=O) groups excluding carboxylic acids is 1. The molecule has 1 amide bonds. The lowest BCUT2D eigenvalue weighted by molar-refractivity contribution is -0.124. The van der Waals surface area contributed by atoms with Crippen molar-refractivity contribution in [3.63, 3.8) is 0 Å². The second-order valence-electron chi connectivity index (χ2n) is 5.77. The predicted octanol–water partition coefficient (Wildman–Crippen LogP) is 1.91. The van der Waals surface area contributed by atoms with Gasteiger partial charge in [0.05, 0.1) is 0 Å². The van der Waals surface area contributed by atoms with E-state index in [1.54, 1.807) is 0 Å². The average molecular weight is 305 g/mol. The number of hydrogen-bond donors (Lipinski definition) is 2. The third kappa shape index (κ3) is 6.16. The fourth-order valence-corrected chi connectivity index (χ4v) is 2.75. The van der Waals surface area contributed by atoms with Gasteiger partial charge in [0, 0.05) is 25.0 Å². The molecule has 2 atom stereocenters. The van der Waals surface area contributed by atoms with E-state index in [0.717, 1.165) is 19.5 Å². The molecule has 1 aromatic rings. The Morgan fingerprint density at radius 2 is 1.77 bits per heavy atom. The summed E-state index contributed by atoms with van der Waals surface area (Å²) in [4.78, 5) is 14.5. The molecule has 0 saturated carbocycles. The lowest BCUT2D eigenvalue weighted by Gasteiger charge is -2.30. The summed E-state index contributed by atoms with van der Waals surface area (Å²) < 4.78 is 0. The zero-order valence-corrected chi connectivity index (χ0v) is 14.4. The van der Waals surface area contributed by atoms with E-state index >= 15 is 0 Å². The van der Waals surface area contributed by atoms with Crippen molar-refractivity contribution in [2.45, 2.75) is 33.2 Å². The van der Waals surface area contributed by atoms with E-state index in [2.05, 4.69) is 53.6 Å². The van der Waals surface area contributed by atoms with E-state index < -0.39 is 0 Å². The van der Waals surface area contributed by atoms with Gasteiger partial charge in [-0.2, -0.15) is 0 Å². The van der Waals surface area contributed by atoms with Gasteiger partial charge in [-0.15, -0.1) is 0 Å². The first-order valence-electron chi connectivity index (χ1n) is 8.32. The maximum Gasteiger partial charge on any atom is 0.224 e. The molecule has 2 unspecified atom stereocenters. The lowest BCUT2D eigenvalue weighted by atomic mass is 10.0. The van der Waals surface area contributed by atoms with Gasteiger partial charge in [-0.1, -0.05) is 51.1 Å². The highest BCUT2D eigenvalue weighted by Gasteiger charge is 2.19. The summed E-state index contributed by atoms with van der Waals surface area (Å²) in [5.74, 6) is 0.124. The lowest BCUT2D eigenvalue weighted by Crippen LogP contribution is -2.46. The number of nitrogens with zero attached hydrogens (tertiary/aromatic N) is 1. The topological polar surface area (TPSA) is 44.4 Å². The van der Waals surface area contributed by atoms with E-state index in [9.17, 15) is 4.79 Å². The number of rotatable bonds is 10. The molecule has 22 heavy (non-hydrogen) atoms. The number of likely N-dealkylation sites (N-methyl/N-ethyl adjacent to an activating group) is 1. The molecule has 124 valence electrons. The average Bonchev–Trinajstić information content (AvgIpc) is 2.54. The Bertz CT molecular complexity index is 418. The van der Waals surface area contributed by atoms with Crippen molar-refractivity contribution in [2.24, 2.45) is 5.92 Å². The number of benzene rings is 1. The maximum absolute atomic E-state index is 12.1. The molecule has 0 fully saturated rings. The Morgan fingerprint density at radius 1 is 1.14 bits per heavy atom. The van der Waals surface area contributed by atoms with Gasteiger partial charge >= 0.3 is 0 Å². The number of amides is 1. The monoisotopic (exact) mass is 305 g/mol. The first-order valence-corrected chi connectivity index (χ1v) is 8.32. The Labute approximate surface area is 135 Å². The third-order valence-electron chi connectivity index (χ3n) is 4.11. The van der Waals surface area contributed by atoms with Crippen molar-refractivity contribution in [2.75, 3.05) is 33.2 Å². The van der Waals surface area contributed by atoms with E-state index in [4.69, 9.17) is 0 Å². The van der Waals surface area contributed by atoms with Crippen LogP contribution in [-0.4, -0.2) is 50.1 Å². The quantitative estimate of drug-likeness (QED) is 0.694. The molecule has 1 rings (SSSR count). The van der Waals surface area contributed by atoms with Crippen LogP contribution in [0.25, 0.3) is 0 Å². The summed E-state index contributed by atoms with van der Waals surface area (Å²) in [6.07, 6.45) is 0.962. The molecule has 1 aromatic carbocycles. The van der Waals surface area contributed by atoms with Crippen molar-refractivity contribution >= 4 is 5.91 Å². The zero-order chi connectivity index (χ0) is 16.4. The molecule has 4 heteroatoms. The molecule has 0 aliphatic rings. The number of hydrogen-bond acceptors (Lipinski definition) is 3. The highest BCUT2D eigenvalue weighted by molar-refractivity contribution is 5.78. The van der Waals surface area contributed by atoms with Crippen LogP contribution in [0.1, 0.15) is 26.3 Å². The number of carbonyl (C=O) groups is 1. The van der Waals surface area contributed by atoms with E-state index in [1.165, 1.54) is 5.56 Å². The smallest absolute Gasteiger partial charge is 0.224 e. The van der Waals surface area contributed by atoms with Crippen molar-refractivity contribution in [3.8, 4) is 0 Å². The van der Waals surface area contributed by atoms with Crippen LogP contribution in [0.3, 0.4) is 0 Å². The van der Waals surface area contributed by atoms with Gasteiger partial charge in [0.15, 0.2) is 0 Å². The molecule has 0 radical (unpaired) electrons. The molecule has 4 nitrogen and oxygen atoms in total. The highest BCUT2D eigenvalue weighted by Crippen LogP contribution is 2.09. The summed E-state index contributed by atoms with van der Waals surface area (Å²) in [5.41, 5.74) is 1.32. The third-order valence-corrected chi connectivity index (χ3v) is 4.11. The van der Waals surface area contributed by atoms with Crippen LogP contribution >= 0.6 is 0 Å². The van der Waals surface area contributed by atoms with Crippen LogP contribution < -0.4 is 10.6 Å². The van der Waals surface area contributed by atoms with Gasteiger partial charge in [-0.25, -0.2) is 0 Å². The van der Waals surface area contributed by atoms with Gasteiger partial charge < -0.3 is 10.6 Å². The predicted molar refractivity (Wildman–Crippen MR) is 93.0 cm³/mol. The Hall–Kier alpha value is -1.39. The minimum absolute atomic E-state index is 0.000853. The van der Waals surface area contributed by atoms with Gasteiger partial charge in [-0.3, -0.25) is 9.69 Å². The summed E-state index contributed by atoms with van der Waals surface area (Å²) in [6.45, 7) is 9.70. The Balaban J connectivity index is 2.64. The van der Waals surface area contributed by atoms with Crippen LogP contribution in [0.4, 0.5) is 0 Å². The van der Waals surface area contributed by atoms with Crippen LogP contribution in [0.2, 0.25) is 0 Å². The van der Waals surface area contributed by atoms with Gasteiger partial charge in [0.2, 0.25) is 5.91 Å². The van der Waals surface area contributed by atoms with E-state index in [-0.39, 0.29) is 11.8 Å². The number of nitrogens with one attached hydrogen (secondary N) is 2. The van der Waals surface area contributed by atoms with Gasteiger partial charge in [0.1, 0.15) is 0 Å². The van der Waals surface area contributed by atoms with Crippen molar-refractivity contribution in [1.82, 2.24) is 15.5 Å². The van der Waals surface area contributed by atoms with Crippen LogP contribution in [-0.2, 0) is 11.2 Å². The maximum atomic E-state index is 12.1. The van der Waals surface area contributed by atoms with Crippen LogP contribution in [0.15, 0.2) is 30.3 Å². The fraction of sp³-hybridized carbons (Fsp3) is 0.611. The molecular weight excluding hydrogens is 274 g/mol. The SMILES string of the molecule is CCN(CC)C(CNC(=O)C(C)CNC)Cc1ccccc1. The Morgan fingerprint density at radius 3 is 2.32 bits per heavy atom. The molecule has 0 spiro atoms. The molecule has 0 heterocycles. The standard InChI is InChI=1S/C18H31N3O/c1-5-21(6-2)17(12-16-10-8-7-9-11-16)14-20-18(22)15(3)13-19-4/h7-11,15,17,19H,5-6,12-14H2,1-4H3,(H,20,22). The van der Waals surface area contributed by atoms with Crippen molar-refractivity contribution in [1.29, 1.82) is 0 Å². The van der Waals surface area contributed by atoms with Crippen LogP contribution in [0, 0.1) is 5.92 Å². The fourth-order valence-electron chi connectivity index (χ4n) is 2.75. The normalized spacial score (nSPS) is 13.9. The summed E-state index contributed by atoms with van der Waals surface area (Å²) >= 11 is 0. The Kier molecular flexibility index (Phi) is 8.78. The highest BCUT2D eigenvalue weighted by atomic mass is 16.1. The molecule has 0 bridgehead atoms. The minimum atomic E-state index is -0.000853. The molecular formula is C18H31N3O. The van der Waals surface area contributed by atoms with Crippen molar-refractivity contribution < 1.29 is 4.79 Å². The molecule has 2 N–H and O–H groups in total. The van der Waals surface area contributed by atoms with Crippen LogP contribution in [0.5, 0.6) is 0 Å². The molecule has 0 aromatic heterocycles. The van der Waals surface area contributed by atoms with Gasteiger partial charge in [0.25, 0.3) is 0 Å². The first-order chi connectivity index (χ1) is 10.6. The van der Waals surface area contributed by atoms with E-state index in [0.29, 0.717) is 19.1 Å². The second kappa shape index (κ2) is 10.4. The zero-order valence-electron chi connectivity index (χ0n) is 14.4. The second-order valence-corrected chi connectivity index (χ2v) is 5.77. The molecule has 0 aliphatic carbocycles.